The summed E-state index contributed by atoms with van der Waals surface area (Å²) in [6.45, 7) is 1.74. The van der Waals surface area contributed by atoms with Gasteiger partial charge in [0, 0.05) is 0 Å². The molecule has 0 aliphatic heterocycles. The molecular formula is C27H30BNO7S2. The Morgan fingerprint density at radius 3 is 2.58 bits per heavy atom. The van der Waals surface area contributed by atoms with E-state index in [0.717, 1.165) is 44.3 Å². The van der Waals surface area contributed by atoms with E-state index in [2.05, 4.69) is 19.1 Å². The number of carbonyl (C=O) groups excluding carboxylic acids is 2. The van der Waals surface area contributed by atoms with E-state index in [1.165, 1.54) is 41.8 Å². The summed E-state index contributed by atoms with van der Waals surface area (Å²) >= 11 is 4.82. The maximum atomic E-state index is 12.7. The number of nitrogens with two attached hydrogens (primary N) is 1. The van der Waals surface area contributed by atoms with Gasteiger partial charge in [0.05, 0.1) is 10.5 Å². The molecule has 5 rings (SSSR count). The van der Waals surface area contributed by atoms with Crippen molar-refractivity contribution in [3.05, 3.63) is 59.2 Å². The standard InChI is InChI=1S/C27H30BNO7S2/c1-27-13-12-21-20-9-5-18(36-28-37)14-17(20)4-8-22(21)23(27)10-11-24(27)35-25(30)15-34-26(31)16-2-6-19(7-3-16)38(29,32)33/h2-3,5-7,9,14,21-24H,4,8,10-13,15H2,1H3,(H2,29,32,33)/t21?,22?,23?,24-,27-/m0/s1. The molecule has 3 aliphatic rings. The summed E-state index contributed by atoms with van der Waals surface area (Å²) in [5.74, 6) is 0.971. The molecular weight excluding hydrogens is 525 g/mol. The van der Waals surface area contributed by atoms with Gasteiger partial charge in [-0.25, -0.2) is 23.1 Å². The van der Waals surface area contributed by atoms with E-state index in [4.69, 9.17) is 31.3 Å². The van der Waals surface area contributed by atoms with E-state index >= 15 is 0 Å². The molecule has 0 heterocycles. The number of rotatable bonds is 7. The molecule has 5 atom stereocenters. The van der Waals surface area contributed by atoms with Gasteiger partial charge in [0.25, 0.3) is 0 Å². The number of primary sulfonamides is 1. The van der Waals surface area contributed by atoms with Crippen molar-refractivity contribution in [3.63, 3.8) is 0 Å². The van der Waals surface area contributed by atoms with Gasteiger partial charge in [0.1, 0.15) is 0 Å². The van der Waals surface area contributed by atoms with Crippen molar-refractivity contribution in [1.82, 2.24) is 0 Å². The van der Waals surface area contributed by atoms with E-state index in [-0.39, 0.29) is 22.0 Å². The SMILES string of the molecule is C[C@]12CCC3c4ccc(OB=S)cc4CCC3C1CC[C@@H]2OC(=O)COC(=O)c1ccc(S(N)(=O)=O)cc1. The van der Waals surface area contributed by atoms with Crippen molar-refractivity contribution in [2.75, 3.05) is 6.61 Å². The molecule has 3 unspecified atom stereocenters. The van der Waals surface area contributed by atoms with E-state index in [1.807, 2.05) is 6.07 Å². The Morgan fingerprint density at radius 2 is 1.87 bits per heavy atom. The van der Waals surface area contributed by atoms with Gasteiger partial charge in [0.15, 0.2) is 6.61 Å². The molecule has 2 aromatic carbocycles. The van der Waals surface area contributed by atoms with Crippen LogP contribution >= 0.6 is 12.1 Å². The number of aryl methyl sites for hydroxylation is 1. The number of sulfonamides is 1. The van der Waals surface area contributed by atoms with Crippen molar-refractivity contribution >= 4 is 40.4 Å². The molecule has 200 valence electrons. The summed E-state index contributed by atoms with van der Waals surface area (Å²) in [5.41, 5.74) is 2.76. The van der Waals surface area contributed by atoms with Crippen LogP contribution in [-0.2, 0) is 30.7 Å². The molecule has 11 heteroatoms. The maximum absolute atomic E-state index is 12.7. The number of benzene rings is 2. The van der Waals surface area contributed by atoms with Gasteiger partial charge in [-0.05, 0) is 24.3 Å². The predicted molar refractivity (Wildman–Crippen MR) is 143 cm³/mol. The molecule has 0 bridgehead atoms. The summed E-state index contributed by atoms with van der Waals surface area (Å²) in [6, 6.07) is 11.3. The summed E-state index contributed by atoms with van der Waals surface area (Å²) in [4.78, 5) is 24.9. The molecule has 0 aromatic heterocycles. The van der Waals surface area contributed by atoms with Gasteiger partial charge >= 0.3 is 150 Å². The molecule has 0 spiro atoms. The predicted octanol–water partition coefficient (Wildman–Crippen LogP) is 4.07. The summed E-state index contributed by atoms with van der Waals surface area (Å²) in [7, 11) is -3.86. The van der Waals surface area contributed by atoms with Gasteiger partial charge < -0.3 is 4.74 Å². The van der Waals surface area contributed by atoms with Crippen molar-refractivity contribution in [3.8, 4) is 5.75 Å². The minimum atomic E-state index is -3.86. The Bertz CT molecular complexity index is 1360. The molecule has 8 nitrogen and oxygen atoms in total. The second-order valence-corrected chi connectivity index (χ2v) is 12.5. The van der Waals surface area contributed by atoms with Crippen molar-refractivity contribution < 1.29 is 32.1 Å². The zero-order valence-electron chi connectivity index (χ0n) is 21.1. The Morgan fingerprint density at radius 1 is 1.11 bits per heavy atom. The number of ether oxygens (including phenoxy) is 2. The van der Waals surface area contributed by atoms with E-state index < -0.39 is 28.6 Å². The number of hydrogen-bond acceptors (Lipinski definition) is 8. The fourth-order valence-corrected chi connectivity index (χ4v) is 7.64. The summed E-state index contributed by atoms with van der Waals surface area (Å²) in [5, 5.41) is 5.08. The van der Waals surface area contributed by atoms with Gasteiger partial charge in [-0.15, -0.1) is 0 Å². The van der Waals surface area contributed by atoms with Gasteiger partial charge in [-0.1, -0.05) is 0 Å². The Kier molecular flexibility index (Phi) is 7.45. The number of hydrogen-bond donors (Lipinski definition) is 1. The van der Waals surface area contributed by atoms with Gasteiger partial charge in [-0.3, -0.25) is 0 Å². The molecule has 0 amide bonds. The number of carbonyl (C=O) groups is 2. The third-order valence-electron chi connectivity index (χ3n) is 8.81. The first kappa shape index (κ1) is 27.0. The minimum absolute atomic E-state index is 0.109. The zero-order chi connectivity index (χ0) is 27.1. The van der Waals surface area contributed by atoms with Crippen LogP contribution in [0.15, 0.2) is 47.4 Å². The van der Waals surface area contributed by atoms with E-state index in [0.29, 0.717) is 17.8 Å². The van der Waals surface area contributed by atoms with Crippen LogP contribution in [0.25, 0.3) is 0 Å². The second kappa shape index (κ2) is 10.5. The summed E-state index contributed by atoms with van der Waals surface area (Å²) in [6.07, 6.45) is 6.97. The van der Waals surface area contributed by atoms with Crippen LogP contribution in [0.1, 0.15) is 66.4 Å². The molecule has 0 radical (unpaired) electrons. The minimum Gasteiger partial charge on any atom is -0.450 e. The number of esters is 2. The van der Waals surface area contributed by atoms with Crippen molar-refractivity contribution in [1.29, 1.82) is 0 Å². The smallest absolute Gasteiger partial charge is 0.450 e. The van der Waals surface area contributed by atoms with Gasteiger partial charge in [0.2, 0.25) is 10.0 Å². The molecule has 2 saturated carbocycles. The van der Waals surface area contributed by atoms with Crippen LogP contribution in [0.2, 0.25) is 0 Å². The van der Waals surface area contributed by atoms with Crippen molar-refractivity contribution in [2.24, 2.45) is 22.4 Å². The zero-order valence-corrected chi connectivity index (χ0v) is 22.8. The molecule has 0 saturated heterocycles. The number of fused-ring (bicyclic) bond motifs is 5. The quantitative estimate of drug-likeness (QED) is 0.401. The fourth-order valence-electron chi connectivity index (χ4n) is 7.01. The Labute approximate surface area is 228 Å². The fraction of sp³-hybridized carbons (Fsp3) is 0.481. The van der Waals surface area contributed by atoms with Crippen LogP contribution in [0.4, 0.5) is 0 Å². The average Bonchev–Trinajstić information content (AvgIpc) is 3.22. The third kappa shape index (κ3) is 5.16. The van der Waals surface area contributed by atoms with Crippen molar-refractivity contribution in [2.45, 2.75) is 62.4 Å². The van der Waals surface area contributed by atoms with Crippen LogP contribution in [0, 0.1) is 17.3 Å². The third-order valence-corrected chi connectivity index (χ3v) is 9.83. The topological polar surface area (TPSA) is 122 Å². The monoisotopic (exact) mass is 555 g/mol. The van der Waals surface area contributed by atoms with Crippen LogP contribution in [0.5, 0.6) is 5.75 Å². The van der Waals surface area contributed by atoms with Gasteiger partial charge in [-0.2, -0.15) is 0 Å². The van der Waals surface area contributed by atoms with E-state index in [1.54, 1.807) is 0 Å². The van der Waals surface area contributed by atoms with E-state index in [9.17, 15) is 18.0 Å². The average molecular weight is 555 g/mol. The second-order valence-electron chi connectivity index (χ2n) is 10.7. The first-order valence-electron chi connectivity index (χ1n) is 12.8. The molecule has 3 aliphatic carbocycles. The Balaban J connectivity index is 1.19. The Hall–Kier alpha value is -2.63. The molecule has 2 aromatic rings. The van der Waals surface area contributed by atoms with Crippen LogP contribution < -0.4 is 9.79 Å². The molecule has 38 heavy (non-hydrogen) atoms. The van der Waals surface area contributed by atoms with Crippen LogP contribution in [-0.4, -0.2) is 39.4 Å². The first-order chi connectivity index (χ1) is 18.1. The molecule has 2 fully saturated rings. The summed E-state index contributed by atoms with van der Waals surface area (Å²) < 4.78 is 39.2. The van der Waals surface area contributed by atoms with Crippen LogP contribution in [0.3, 0.4) is 0 Å². The first-order valence-corrected chi connectivity index (χ1v) is 14.8. The molecule has 2 N–H and O–H groups in total. The normalized spacial score (nSPS) is 27.7.